The molecule has 2 aliphatic rings. The molecule has 3 heterocycles. The van der Waals surface area contributed by atoms with Crippen LogP contribution >= 0.6 is 0 Å². The number of morpholine rings is 1. The first-order chi connectivity index (χ1) is 16.3. The van der Waals surface area contributed by atoms with Crippen LogP contribution in [0.25, 0.3) is 11.4 Å². The molecule has 13 heteroatoms. The van der Waals surface area contributed by atoms with E-state index in [9.17, 15) is 27.6 Å². The highest BCUT2D eigenvalue weighted by Crippen LogP contribution is 2.47. The van der Waals surface area contributed by atoms with E-state index in [0.29, 0.717) is 11.3 Å². The van der Waals surface area contributed by atoms with E-state index in [4.69, 9.17) is 4.74 Å². The summed E-state index contributed by atoms with van der Waals surface area (Å²) in [7, 11) is 0. The molecule has 1 aromatic heterocycles. The zero-order valence-corrected chi connectivity index (χ0v) is 19.2. The number of nitrogens with one attached hydrogen (secondary N) is 1. The van der Waals surface area contributed by atoms with Crippen molar-refractivity contribution >= 4 is 23.3 Å². The second kappa shape index (κ2) is 8.40. The van der Waals surface area contributed by atoms with E-state index < -0.39 is 58.9 Å². The quantitative estimate of drug-likeness (QED) is 0.508. The maximum absolute atomic E-state index is 15.2. The van der Waals surface area contributed by atoms with Gasteiger partial charge in [0, 0.05) is 19.2 Å². The zero-order chi connectivity index (χ0) is 25.9. The number of halogens is 4. The smallest absolute Gasteiger partial charge is 0.372 e. The van der Waals surface area contributed by atoms with Gasteiger partial charge in [-0.2, -0.15) is 18.2 Å². The second-order valence-corrected chi connectivity index (χ2v) is 8.85. The van der Waals surface area contributed by atoms with E-state index >= 15 is 4.39 Å². The number of carbonyl (C=O) groups excluding carboxylic acids is 3. The van der Waals surface area contributed by atoms with Gasteiger partial charge in [0.05, 0.1) is 23.8 Å². The van der Waals surface area contributed by atoms with E-state index in [0.717, 1.165) is 13.0 Å². The summed E-state index contributed by atoms with van der Waals surface area (Å²) >= 11 is 0. The van der Waals surface area contributed by atoms with Gasteiger partial charge in [0.15, 0.2) is 0 Å². The summed E-state index contributed by atoms with van der Waals surface area (Å²) in [6.45, 7) is 6.00. The standard InChI is InChI=1S/C22H22F4N4O5/c1-9-8-30-16-6-15(23)14(18-28-20(35-29-18)22(24,25)26)5-13(16)7-21(11(3)31,17(30)10(2)34-9)19(33)27-12(4)32/h5-6,9-10,17H,7-8H2,1-4H3,(H,27,32,33)/t9-,10+,17-,21+/m1/s1. The van der Waals surface area contributed by atoms with Gasteiger partial charge in [-0.1, -0.05) is 5.16 Å². The Bertz CT molecular complexity index is 1210. The lowest BCUT2D eigenvalue weighted by molar-refractivity contribution is -0.159. The van der Waals surface area contributed by atoms with Crippen molar-refractivity contribution in [2.24, 2.45) is 5.41 Å². The summed E-state index contributed by atoms with van der Waals surface area (Å²) in [4.78, 5) is 43.0. The molecule has 1 fully saturated rings. The number of Topliss-reactive ketones (excluding diaryl/α,β-unsaturated/α-hetero) is 1. The number of ether oxygens (including phenoxy) is 1. The minimum atomic E-state index is -4.92. The number of rotatable bonds is 3. The van der Waals surface area contributed by atoms with E-state index in [1.165, 1.54) is 13.0 Å². The number of hydrogen-bond donors (Lipinski definition) is 1. The topological polar surface area (TPSA) is 115 Å². The third-order valence-electron chi connectivity index (χ3n) is 6.37. The Labute approximate surface area is 196 Å². The highest BCUT2D eigenvalue weighted by Gasteiger charge is 2.59. The van der Waals surface area contributed by atoms with Gasteiger partial charge in [-0.25, -0.2) is 4.39 Å². The molecule has 2 amide bonds. The highest BCUT2D eigenvalue weighted by atomic mass is 19.4. The van der Waals surface area contributed by atoms with Crippen LogP contribution in [0.3, 0.4) is 0 Å². The molecule has 4 atom stereocenters. The number of alkyl halides is 3. The number of hydrogen-bond acceptors (Lipinski definition) is 8. The third kappa shape index (κ3) is 4.07. The van der Waals surface area contributed by atoms with Gasteiger partial charge < -0.3 is 14.2 Å². The van der Waals surface area contributed by atoms with Gasteiger partial charge in [0.2, 0.25) is 17.6 Å². The molecule has 0 unspecified atom stereocenters. The van der Waals surface area contributed by atoms with Gasteiger partial charge in [-0.15, -0.1) is 0 Å². The molecular weight excluding hydrogens is 476 g/mol. The maximum atomic E-state index is 15.2. The number of ketones is 1. The molecule has 2 aromatic rings. The Morgan fingerprint density at radius 1 is 1.20 bits per heavy atom. The van der Waals surface area contributed by atoms with Crippen LogP contribution in [0.1, 0.15) is 39.1 Å². The number of anilines is 1. The molecule has 1 aromatic carbocycles. The van der Waals surface area contributed by atoms with Gasteiger partial charge >= 0.3 is 12.1 Å². The van der Waals surface area contributed by atoms with Crippen LogP contribution in [0.5, 0.6) is 0 Å². The molecule has 0 bridgehead atoms. The summed E-state index contributed by atoms with van der Waals surface area (Å²) in [5.74, 6) is -5.24. The first-order valence-electron chi connectivity index (χ1n) is 10.7. The van der Waals surface area contributed by atoms with Crippen LogP contribution in [0.2, 0.25) is 0 Å². The summed E-state index contributed by atoms with van der Waals surface area (Å²) in [6.07, 6.45) is -6.17. The van der Waals surface area contributed by atoms with Crippen molar-refractivity contribution in [2.45, 2.75) is 58.5 Å². The largest absolute Gasteiger partial charge is 0.471 e. The molecule has 0 saturated carbocycles. The number of carbonyl (C=O) groups is 3. The molecule has 35 heavy (non-hydrogen) atoms. The van der Waals surface area contributed by atoms with Crippen molar-refractivity contribution in [3.8, 4) is 11.4 Å². The molecular formula is C22H22F4N4O5. The molecule has 9 nitrogen and oxygen atoms in total. The van der Waals surface area contributed by atoms with Gasteiger partial charge in [0.25, 0.3) is 0 Å². The Kier molecular flexibility index (Phi) is 5.94. The fourth-order valence-electron chi connectivity index (χ4n) is 5.06. The van der Waals surface area contributed by atoms with Crippen molar-refractivity contribution in [1.29, 1.82) is 0 Å². The summed E-state index contributed by atoms with van der Waals surface area (Å²) in [6, 6.07) is 1.45. The van der Waals surface area contributed by atoms with Crippen LogP contribution in [0.15, 0.2) is 16.7 Å². The predicted molar refractivity (Wildman–Crippen MR) is 111 cm³/mol. The predicted octanol–water partition coefficient (Wildman–Crippen LogP) is 2.67. The van der Waals surface area contributed by atoms with Gasteiger partial charge in [0.1, 0.15) is 17.0 Å². The number of amides is 2. The third-order valence-corrected chi connectivity index (χ3v) is 6.37. The zero-order valence-electron chi connectivity index (χ0n) is 19.2. The monoisotopic (exact) mass is 498 g/mol. The minimum Gasteiger partial charge on any atom is -0.372 e. The van der Waals surface area contributed by atoms with E-state index in [1.54, 1.807) is 18.7 Å². The molecule has 0 spiro atoms. The van der Waals surface area contributed by atoms with Crippen LogP contribution in [-0.2, 0) is 31.7 Å². The normalized spacial score (nSPS) is 26.1. The lowest BCUT2D eigenvalue weighted by Gasteiger charge is -2.54. The molecule has 4 rings (SSSR count). The second-order valence-electron chi connectivity index (χ2n) is 8.85. The van der Waals surface area contributed by atoms with Crippen LogP contribution in [0, 0.1) is 11.2 Å². The summed E-state index contributed by atoms with van der Waals surface area (Å²) in [5.41, 5.74) is -1.53. The average molecular weight is 498 g/mol. The Hall–Kier alpha value is -3.35. The molecule has 0 aliphatic carbocycles. The van der Waals surface area contributed by atoms with Gasteiger partial charge in [-0.3, -0.25) is 19.7 Å². The van der Waals surface area contributed by atoms with Crippen molar-refractivity contribution in [3.63, 3.8) is 0 Å². The molecule has 0 radical (unpaired) electrons. The van der Waals surface area contributed by atoms with Crippen LogP contribution < -0.4 is 10.2 Å². The summed E-state index contributed by atoms with van der Waals surface area (Å²) < 4.78 is 64.0. The Balaban J connectivity index is 1.90. The first kappa shape index (κ1) is 24.8. The fraction of sp³-hybridized carbons (Fsp3) is 0.500. The Morgan fingerprint density at radius 2 is 1.89 bits per heavy atom. The van der Waals surface area contributed by atoms with Gasteiger partial charge in [-0.05, 0) is 44.9 Å². The lowest BCUT2D eigenvalue weighted by atomic mass is 9.65. The molecule has 1 saturated heterocycles. The molecule has 1 N–H and O–H groups in total. The number of nitrogens with zero attached hydrogens (tertiary/aromatic N) is 3. The van der Waals surface area contributed by atoms with E-state index in [2.05, 4.69) is 20.0 Å². The van der Waals surface area contributed by atoms with E-state index in [-0.39, 0.29) is 24.6 Å². The highest BCUT2D eigenvalue weighted by molar-refractivity contribution is 6.11. The summed E-state index contributed by atoms with van der Waals surface area (Å²) in [5, 5.41) is 5.43. The van der Waals surface area contributed by atoms with Crippen molar-refractivity contribution < 1.29 is 41.2 Å². The molecule has 188 valence electrons. The number of imide groups is 1. The maximum Gasteiger partial charge on any atom is 0.471 e. The van der Waals surface area contributed by atoms with Crippen molar-refractivity contribution in [2.75, 3.05) is 11.4 Å². The minimum absolute atomic E-state index is 0.198. The van der Waals surface area contributed by atoms with Crippen LogP contribution in [0.4, 0.5) is 23.2 Å². The van der Waals surface area contributed by atoms with E-state index in [1.807, 2.05) is 0 Å². The number of benzene rings is 1. The average Bonchev–Trinajstić information content (AvgIpc) is 3.22. The van der Waals surface area contributed by atoms with Crippen molar-refractivity contribution in [3.05, 3.63) is 29.4 Å². The number of fused-ring (bicyclic) bond motifs is 3. The SMILES string of the molecule is CC(=O)NC(=O)[C@]1(C(C)=O)Cc2cc(-c3noc(C(F)(F)F)n3)c(F)cc2N2C[C@@H](C)O[C@@H](C)[C@@H]21. The Morgan fingerprint density at radius 3 is 2.46 bits per heavy atom. The molecule has 2 aliphatic heterocycles. The fourth-order valence-corrected chi connectivity index (χ4v) is 5.06. The number of aromatic nitrogens is 2. The lowest BCUT2D eigenvalue weighted by Crippen LogP contribution is -2.69. The van der Waals surface area contributed by atoms with Crippen LogP contribution in [-0.4, -0.2) is 52.5 Å². The first-order valence-corrected chi connectivity index (χ1v) is 10.7. The van der Waals surface area contributed by atoms with Crippen molar-refractivity contribution in [1.82, 2.24) is 15.5 Å².